The lowest BCUT2D eigenvalue weighted by atomic mass is 10.1. The van der Waals surface area contributed by atoms with Crippen LogP contribution in [-0.4, -0.2) is 5.78 Å². The van der Waals surface area contributed by atoms with Gasteiger partial charge in [-0.3, -0.25) is 4.79 Å². The monoisotopic (exact) mass is 190 g/mol. The van der Waals surface area contributed by atoms with Gasteiger partial charge in [-0.15, -0.1) is 0 Å². The first kappa shape index (κ1) is 12.8. The second kappa shape index (κ2) is 9.87. The van der Waals surface area contributed by atoms with Crippen molar-refractivity contribution >= 4 is 5.78 Å². The number of ketones is 1. The third-order valence-corrected chi connectivity index (χ3v) is 1.90. The van der Waals surface area contributed by atoms with Gasteiger partial charge >= 0.3 is 0 Å². The van der Waals surface area contributed by atoms with Crippen molar-refractivity contribution in [1.29, 1.82) is 0 Å². The van der Waals surface area contributed by atoms with Crippen LogP contribution in [0.1, 0.15) is 52.4 Å². The zero-order valence-corrected chi connectivity index (χ0v) is 9.15. The summed E-state index contributed by atoms with van der Waals surface area (Å²) in [7, 11) is 0. The Morgan fingerprint density at radius 3 is 2.43 bits per heavy atom. The summed E-state index contributed by atoms with van der Waals surface area (Å²) in [4.78, 5) is 11.1. The van der Waals surface area contributed by atoms with E-state index in [4.69, 9.17) is 0 Å². The summed E-state index contributed by atoms with van der Waals surface area (Å²) in [6.07, 6.45) is 6.42. The summed E-state index contributed by atoms with van der Waals surface area (Å²) in [6, 6.07) is 0. The van der Waals surface area contributed by atoms with Crippen LogP contribution in [0.4, 0.5) is 0 Å². The molecule has 0 N–H and O–H groups in total. The Labute approximate surface area is 87.3 Å². The molecule has 76 valence electrons. The predicted octanol–water partition coefficient (Wildman–Crippen LogP) is 2.94. The molecule has 0 heterocycles. The topological polar surface area (TPSA) is 17.1 Å². The van der Waals surface area contributed by atoms with Crippen LogP contribution in [0.2, 0.25) is 0 Å². The fourth-order valence-corrected chi connectivity index (χ4v) is 1.12. The number of unbranched alkanes of at least 4 members (excludes halogenated alkanes) is 4. The van der Waals surface area contributed by atoms with E-state index < -0.39 is 0 Å². The van der Waals surface area contributed by atoms with Crippen LogP contribution in [0.15, 0.2) is 0 Å². The Bertz CT molecular complexity index is 267. The lowest BCUT2D eigenvalue weighted by Gasteiger charge is -1.95. The van der Waals surface area contributed by atoms with Crippen LogP contribution in [-0.2, 0) is 4.79 Å². The normalized spacial score (nSPS) is 8.14. The van der Waals surface area contributed by atoms with E-state index in [0.717, 1.165) is 12.8 Å². The summed E-state index contributed by atoms with van der Waals surface area (Å²) in [5.41, 5.74) is 0. The number of rotatable bonds is 6. The second-order valence-electron chi connectivity index (χ2n) is 3.21. The first-order valence-electron chi connectivity index (χ1n) is 5.26. The molecule has 14 heavy (non-hydrogen) atoms. The first-order valence-corrected chi connectivity index (χ1v) is 5.26. The van der Waals surface area contributed by atoms with Crippen LogP contribution in [0.25, 0.3) is 0 Å². The van der Waals surface area contributed by atoms with E-state index in [0.29, 0.717) is 6.42 Å². The van der Waals surface area contributed by atoms with E-state index in [1.165, 1.54) is 19.3 Å². The third-order valence-electron chi connectivity index (χ3n) is 1.90. The van der Waals surface area contributed by atoms with Gasteiger partial charge in [-0.2, -0.15) is 0 Å². The maximum absolute atomic E-state index is 11.1. The Balaban J connectivity index is 3.45. The number of carbonyl (C=O) groups excluding carboxylic acids is 1. The Kier molecular flexibility index (Phi) is 9.02. The van der Waals surface area contributed by atoms with E-state index in [9.17, 15) is 4.79 Å². The molecule has 0 aliphatic carbocycles. The highest BCUT2D eigenvalue weighted by Gasteiger charge is 1.95. The molecule has 0 saturated heterocycles. The van der Waals surface area contributed by atoms with Crippen LogP contribution >= 0.6 is 0 Å². The van der Waals surface area contributed by atoms with E-state index in [-0.39, 0.29) is 5.78 Å². The van der Waals surface area contributed by atoms with E-state index in [1.807, 2.05) is 0 Å². The molecule has 0 aliphatic rings. The highest BCUT2D eigenvalue weighted by molar-refractivity contribution is 5.95. The van der Waals surface area contributed by atoms with Crippen molar-refractivity contribution in [3.8, 4) is 23.7 Å². The fourth-order valence-electron chi connectivity index (χ4n) is 1.12. The Morgan fingerprint density at radius 2 is 1.79 bits per heavy atom. The van der Waals surface area contributed by atoms with Gasteiger partial charge in [0.1, 0.15) is 0 Å². The molecule has 0 amide bonds. The predicted molar refractivity (Wildman–Crippen MR) is 59.6 cm³/mol. The van der Waals surface area contributed by atoms with Gasteiger partial charge in [0.15, 0.2) is 0 Å². The van der Waals surface area contributed by atoms with Gasteiger partial charge in [0, 0.05) is 6.42 Å². The molecule has 0 saturated carbocycles. The minimum absolute atomic E-state index is 0.0178. The van der Waals surface area contributed by atoms with Crippen molar-refractivity contribution in [3.63, 3.8) is 0 Å². The lowest BCUT2D eigenvalue weighted by Crippen LogP contribution is -1.92. The summed E-state index contributed by atoms with van der Waals surface area (Å²) >= 11 is 0. The minimum atomic E-state index is 0.0178. The van der Waals surface area contributed by atoms with Gasteiger partial charge in [-0.05, 0) is 31.1 Å². The standard InChI is InChI=1S/C13H18O/c1-3-5-7-8-10-12-13(14)11-9-6-4-2/h3,5,7-8,10,12H2,1-2H3. The average Bonchev–Trinajstić information content (AvgIpc) is 2.18. The van der Waals surface area contributed by atoms with Crippen LogP contribution in [0, 0.1) is 23.7 Å². The molecule has 0 aliphatic heterocycles. The van der Waals surface area contributed by atoms with Crippen LogP contribution < -0.4 is 0 Å². The van der Waals surface area contributed by atoms with Crippen molar-refractivity contribution in [2.75, 3.05) is 0 Å². The molecule has 0 rings (SSSR count). The number of Topliss-reactive ketones (excluding diaryl/α,β-unsaturated/α-hetero) is 1. The summed E-state index contributed by atoms with van der Waals surface area (Å²) in [5.74, 6) is 10.2. The zero-order valence-electron chi connectivity index (χ0n) is 9.15. The maximum atomic E-state index is 11.1. The summed E-state index contributed by atoms with van der Waals surface area (Å²) < 4.78 is 0. The number of hydrogen-bond acceptors (Lipinski definition) is 1. The van der Waals surface area contributed by atoms with E-state index in [1.54, 1.807) is 6.92 Å². The molecular weight excluding hydrogens is 172 g/mol. The van der Waals surface area contributed by atoms with Gasteiger partial charge < -0.3 is 0 Å². The van der Waals surface area contributed by atoms with Gasteiger partial charge in [-0.25, -0.2) is 0 Å². The minimum Gasteiger partial charge on any atom is -0.285 e. The molecule has 0 aromatic rings. The highest BCUT2D eigenvalue weighted by Crippen LogP contribution is 2.04. The van der Waals surface area contributed by atoms with Crippen molar-refractivity contribution in [2.45, 2.75) is 52.4 Å². The molecule has 1 nitrogen and oxygen atoms in total. The van der Waals surface area contributed by atoms with Crippen molar-refractivity contribution in [1.82, 2.24) is 0 Å². The fraction of sp³-hybridized carbons (Fsp3) is 0.615. The smallest absolute Gasteiger partial charge is 0.206 e. The lowest BCUT2D eigenvalue weighted by molar-refractivity contribution is -0.113. The molecule has 0 atom stereocenters. The maximum Gasteiger partial charge on any atom is 0.206 e. The van der Waals surface area contributed by atoms with Crippen molar-refractivity contribution in [3.05, 3.63) is 0 Å². The second-order valence-corrected chi connectivity index (χ2v) is 3.21. The molecular formula is C13H18O. The summed E-state index contributed by atoms with van der Waals surface area (Å²) in [5, 5.41) is 0. The highest BCUT2D eigenvalue weighted by atomic mass is 16.1. The van der Waals surface area contributed by atoms with Gasteiger partial charge in [-0.1, -0.05) is 38.5 Å². The van der Waals surface area contributed by atoms with Crippen LogP contribution in [0.3, 0.4) is 0 Å². The SMILES string of the molecule is CC#CC#CC(=O)CCCCCCC. The Morgan fingerprint density at radius 1 is 1.07 bits per heavy atom. The molecule has 0 spiro atoms. The summed E-state index contributed by atoms with van der Waals surface area (Å²) in [6.45, 7) is 3.89. The quantitative estimate of drug-likeness (QED) is 0.357. The molecule has 0 radical (unpaired) electrons. The van der Waals surface area contributed by atoms with Gasteiger partial charge in [0.25, 0.3) is 0 Å². The Hall–Kier alpha value is -1.21. The number of hydrogen-bond donors (Lipinski definition) is 0. The van der Waals surface area contributed by atoms with Crippen molar-refractivity contribution < 1.29 is 4.79 Å². The molecule has 1 heteroatoms. The van der Waals surface area contributed by atoms with E-state index >= 15 is 0 Å². The molecule has 0 bridgehead atoms. The first-order chi connectivity index (χ1) is 6.81. The molecule has 0 aromatic carbocycles. The van der Waals surface area contributed by atoms with E-state index in [2.05, 4.69) is 30.6 Å². The molecule has 0 unspecified atom stereocenters. The third kappa shape index (κ3) is 8.88. The largest absolute Gasteiger partial charge is 0.285 e. The van der Waals surface area contributed by atoms with Crippen molar-refractivity contribution in [2.24, 2.45) is 0 Å². The molecule has 0 fully saturated rings. The van der Waals surface area contributed by atoms with Crippen LogP contribution in [0.5, 0.6) is 0 Å². The molecule has 0 aromatic heterocycles. The van der Waals surface area contributed by atoms with Gasteiger partial charge in [0.2, 0.25) is 5.78 Å². The average molecular weight is 190 g/mol. The van der Waals surface area contributed by atoms with Gasteiger partial charge in [0.05, 0.1) is 0 Å². The number of carbonyl (C=O) groups is 1. The zero-order chi connectivity index (χ0) is 10.6.